The molecule has 3 fully saturated rings. The molecule has 3 heterocycles. The Balaban J connectivity index is 1.50. The fourth-order valence-corrected chi connectivity index (χ4v) is 5.47. The van der Waals surface area contributed by atoms with Crippen LogP contribution in [0, 0.1) is 17.2 Å². The summed E-state index contributed by atoms with van der Waals surface area (Å²) >= 11 is 0. The molecule has 0 saturated carbocycles. The lowest BCUT2D eigenvalue weighted by Crippen LogP contribution is -2.63. The number of alkyl carbamates (subject to hydrolysis) is 1. The van der Waals surface area contributed by atoms with E-state index in [4.69, 9.17) is 9.47 Å². The highest BCUT2D eigenvalue weighted by Crippen LogP contribution is 2.49. The predicted octanol–water partition coefficient (Wildman–Crippen LogP) is 2.55. The van der Waals surface area contributed by atoms with Crippen LogP contribution in [0.3, 0.4) is 0 Å². The zero-order chi connectivity index (χ0) is 21.4. The van der Waals surface area contributed by atoms with Gasteiger partial charge in [0.05, 0.1) is 7.11 Å². The molecule has 1 aromatic rings. The Morgan fingerprint density at radius 3 is 2.67 bits per heavy atom. The summed E-state index contributed by atoms with van der Waals surface area (Å²) in [7, 11) is 1.44. The van der Waals surface area contributed by atoms with E-state index < -0.39 is 11.4 Å². The van der Waals surface area contributed by atoms with Crippen molar-refractivity contribution in [3.63, 3.8) is 0 Å². The second-order valence-corrected chi connectivity index (χ2v) is 8.90. The quantitative estimate of drug-likeness (QED) is 0.787. The summed E-state index contributed by atoms with van der Waals surface area (Å²) < 4.78 is 25.5. The minimum Gasteiger partial charge on any atom is -0.496 e. The van der Waals surface area contributed by atoms with Crippen LogP contribution in [0.1, 0.15) is 43.0 Å². The fourth-order valence-electron chi connectivity index (χ4n) is 5.47. The molecule has 164 valence electrons. The number of halogens is 1. The van der Waals surface area contributed by atoms with Crippen LogP contribution >= 0.6 is 0 Å². The van der Waals surface area contributed by atoms with Crippen LogP contribution in [0.25, 0.3) is 0 Å². The number of piperidine rings is 2. The molecule has 0 aliphatic carbocycles. The van der Waals surface area contributed by atoms with Gasteiger partial charge in [-0.15, -0.1) is 0 Å². The van der Waals surface area contributed by atoms with Crippen molar-refractivity contribution in [2.75, 3.05) is 39.8 Å². The second kappa shape index (κ2) is 8.06. The number of ether oxygens (including phenoxy) is 2. The van der Waals surface area contributed by atoms with Gasteiger partial charge >= 0.3 is 6.09 Å². The molecule has 0 radical (unpaired) electrons. The number of carbonyl (C=O) groups is 2. The van der Waals surface area contributed by atoms with Crippen molar-refractivity contribution in [2.24, 2.45) is 11.3 Å². The number of hydrogen-bond donors (Lipinski definition) is 2. The molecule has 0 aromatic heterocycles. The molecule has 7 nitrogen and oxygen atoms in total. The van der Waals surface area contributed by atoms with Crippen molar-refractivity contribution in [1.82, 2.24) is 15.5 Å². The highest BCUT2D eigenvalue weighted by molar-refractivity contribution is 5.97. The molecule has 2 unspecified atom stereocenters. The Morgan fingerprint density at radius 1 is 1.23 bits per heavy atom. The van der Waals surface area contributed by atoms with E-state index in [9.17, 15) is 14.0 Å². The number of likely N-dealkylation sites (tertiary alicyclic amines) is 1. The molecule has 0 bridgehead atoms. The van der Waals surface area contributed by atoms with Gasteiger partial charge in [-0.25, -0.2) is 9.18 Å². The van der Waals surface area contributed by atoms with Crippen molar-refractivity contribution in [2.45, 2.75) is 38.2 Å². The molecule has 3 aliphatic rings. The lowest BCUT2D eigenvalue weighted by atomic mass is 9.60. The third kappa shape index (κ3) is 3.62. The fraction of sp³-hybridized carbons (Fsp3) is 0.636. The molecular weight excluding hydrogens is 389 g/mol. The molecule has 3 saturated heterocycles. The summed E-state index contributed by atoms with van der Waals surface area (Å²) in [6, 6.07) is 4.42. The van der Waals surface area contributed by atoms with E-state index in [1.165, 1.54) is 19.2 Å². The van der Waals surface area contributed by atoms with Crippen LogP contribution < -0.4 is 15.4 Å². The third-order valence-electron chi connectivity index (χ3n) is 7.27. The number of methoxy groups -OCH3 is 1. The average molecular weight is 419 g/mol. The third-order valence-corrected chi connectivity index (χ3v) is 7.27. The van der Waals surface area contributed by atoms with Crippen molar-refractivity contribution in [1.29, 1.82) is 0 Å². The molecule has 2 amide bonds. The van der Waals surface area contributed by atoms with Crippen LogP contribution in [0.15, 0.2) is 18.2 Å². The van der Waals surface area contributed by atoms with Crippen LogP contribution in [-0.2, 0) is 4.74 Å². The van der Waals surface area contributed by atoms with Gasteiger partial charge in [0.1, 0.15) is 22.7 Å². The molecule has 8 heteroatoms. The number of amides is 2. The predicted molar refractivity (Wildman–Crippen MR) is 109 cm³/mol. The number of rotatable bonds is 3. The van der Waals surface area contributed by atoms with E-state index in [0.717, 1.165) is 38.8 Å². The van der Waals surface area contributed by atoms with Gasteiger partial charge in [0.2, 0.25) is 0 Å². The Labute approximate surface area is 176 Å². The minimum atomic E-state index is -0.565. The monoisotopic (exact) mass is 419 g/mol. The van der Waals surface area contributed by atoms with E-state index in [-0.39, 0.29) is 34.6 Å². The summed E-state index contributed by atoms with van der Waals surface area (Å²) in [6.45, 7) is 5.55. The number of benzene rings is 1. The highest BCUT2D eigenvalue weighted by atomic mass is 19.1. The van der Waals surface area contributed by atoms with Gasteiger partial charge < -0.3 is 25.0 Å². The van der Waals surface area contributed by atoms with Gasteiger partial charge in [-0.2, -0.15) is 0 Å². The first-order valence-electron chi connectivity index (χ1n) is 10.7. The van der Waals surface area contributed by atoms with Gasteiger partial charge in [-0.1, -0.05) is 13.0 Å². The number of nitrogens with one attached hydrogen (secondary N) is 2. The molecule has 30 heavy (non-hydrogen) atoms. The summed E-state index contributed by atoms with van der Waals surface area (Å²) in [5.74, 6) is -0.475. The maximum absolute atomic E-state index is 14.4. The smallest absolute Gasteiger partial charge is 0.407 e. The normalized spacial score (nSPS) is 28.6. The first-order valence-corrected chi connectivity index (χ1v) is 10.7. The molecule has 1 spiro atoms. The van der Waals surface area contributed by atoms with Gasteiger partial charge in [0.25, 0.3) is 5.91 Å². The number of nitrogens with zero attached hydrogens (tertiary/aromatic N) is 1. The van der Waals surface area contributed by atoms with Crippen LogP contribution in [0.4, 0.5) is 9.18 Å². The maximum Gasteiger partial charge on any atom is 0.407 e. The number of carbonyl (C=O) groups excluding carboxylic acids is 2. The summed E-state index contributed by atoms with van der Waals surface area (Å²) in [6.07, 6.45) is 2.81. The Hall–Kier alpha value is -2.35. The highest BCUT2D eigenvalue weighted by Gasteiger charge is 2.54. The minimum absolute atomic E-state index is 0.00769. The first-order chi connectivity index (χ1) is 14.4. The Morgan fingerprint density at radius 2 is 1.97 bits per heavy atom. The van der Waals surface area contributed by atoms with E-state index in [1.54, 1.807) is 11.0 Å². The van der Waals surface area contributed by atoms with Crippen molar-refractivity contribution < 1.29 is 23.5 Å². The zero-order valence-corrected chi connectivity index (χ0v) is 17.6. The van der Waals surface area contributed by atoms with E-state index in [0.29, 0.717) is 19.6 Å². The average Bonchev–Trinajstić information content (AvgIpc) is 2.73. The lowest BCUT2D eigenvalue weighted by molar-refractivity contribution is -0.122. The second-order valence-electron chi connectivity index (χ2n) is 8.90. The SMILES string of the molecule is COc1cccc(F)c1C(=O)N1CCC(C)(C2CNCCC23CCNC(=O)O3)CC1. The molecule has 4 rings (SSSR count). The molecule has 1 aromatic carbocycles. The summed E-state index contributed by atoms with van der Waals surface area (Å²) in [5.41, 5.74) is -0.545. The molecule has 2 N–H and O–H groups in total. The van der Waals surface area contributed by atoms with Crippen LogP contribution in [0.5, 0.6) is 5.75 Å². The van der Waals surface area contributed by atoms with Crippen molar-refractivity contribution in [3.8, 4) is 5.75 Å². The largest absolute Gasteiger partial charge is 0.496 e. The molecule has 2 atom stereocenters. The van der Waals surface area contributed by atoms with E-state index >= 15 is 0 Å². The Bertz CT molecular complexity index is 821. The molecule has 3 aliphatic heterocycles. The van der Waals surface area contributed by atoms with Gasteiger partial charge in [0.15, 0.2) is 0 Å². The van der Waals surface area contributed by atoms with Crippen LogP contribution in [-0.4, -0.2) is 62.3 Å². The van der Waals surface area contributed by atoms with Gasteiger partial charge in [-0.3, -0.25) is 4.79 Å². The van der Waals surface area contributed by atoms with Crippen LogP contribution in [0.2, 0.25) is 0 Å². The van der Waals surface area contributed by atoms with Gasteiger partial charge in [0, 0.05) is 44.9 Å². The summed E-state index contributed by atoms with van der Waals surface area (Å²) in [4.78, 5) is 26.8. The maximum atomic E-state index is 14.4. The van der Waals surface area contributed by atoms with E-state index in [1.807, 2.05) is 0 Å². The van der Waals surface area contributed by atoms with Gasteiger partial charge in [-0.05, 0) is 36.9 Å². The molecular formula is C22H30FN3O4. The Kier molecular flexibility index (Phi) is 5.61. The zero-order valence-electron chi connectivity index (χ0n) is 17.6. The number of hydrogen-bond acceptors (Lipinski definition) is 5. The summed E-state index contributed by atoms with van der Waals surface area (Å²) in [5, 5.41) is 6.23. The van der Waals surface area contributed by atoms with E-state index in [2.05, 4.69) is 17.6 Å². The van der Waals surface area contributed by atoms with Crippen molar-refractivity contribution >= 4 is 12.0 Å². The van der Waals surface area contributed by atoms with Crippen molar-refractivity contribution in [3.05, 3.63) is 29.6 Å². The standard InChI is InChI=1S/C22H30FN3O4/c1-21(17-14-24-10-6-22(17)7-11-25-20(28)30-22)8-12-26(13-9-21)19(27)18-15(23)4-3-5-16(18)29-2/h3-5,17,24H,6-14H2,1-2H3,(H,25,28). The lowest BCUT2D eigenvalue weighted by Gasteiger charge is -2.55. The first kappa shape index (κ1) is 20.9. The topological polar surface area (TPSA) is 79.9 Å².